The topological polar surface area (TPSA) is 47.3 Å². The van der Waals surface area contributed by atoms with Gasteiger partial charge in [0, 0.05) is 24.4 Å². The van der Waals surface area contributed by atoms with E-state index in [2.05, 4.69) is 5.32 Å². The van der Waals surface area contributed by atoms with E-state index in [0.717, 1.165) is 30.8 Å². The van der Waals surface area contributed by atoms with Gasteiger partial charge in [-0.2, -0.15) is 0 Å². The van der Waals surface area contributed by atoms with Gasteiger partial charge >= 0.3 is 0 Å². The van der Waals surface area contributed by atoms with Gasteiger partial charge in [0.1, 0.15) is 4.99 Å². The van der Waals surface area contributed by atoms with Crippen LogP contribution in [0.5, 0.6) is 0 Å². The molecule has 0 saturated carbocycles. The first-order valence-electron chi connectivity index (χ1n) is 5.51. The molecule has 3 nitrogen and oxygen atoms in total. The standard InChI is InChI=1S/C12H16N2OS/c13-12(16)9-3-5-10(6-4-9)14-8-11-2-1-7-15-11/h3-6,11,14H,1-2,7-8H2,(H2,13,16). The Morgan fingerprint density at radius 1 is 1.44 bits per heavy atom. The maximum absolute atomic E-state index is 5.53. The summed E-state index contributed by atoms with van der Waals surface area (Å²) in [6.45, 7) is 1.76. The maximum atomic E-state index is 5.53. The van der Waals surface area contributed by atoms with Crippen LogP contribution in [0.4, 0.5) is 5.69 Å². The van der Waals surface area contributed by atoms with E-state index in [9.17, 15) is 0 Å². The molecular weight excluding hydrogens is 220 g/mol. The summed E-state index contributed by atoms with van der Waals surface area (Å²) in [6, 6.07) is 7.84. The van der Waals surface area contributed by atoms with Crippen molar-refractivity contribution >= 4 is 22.9 Å². The second kappa shape index (κ2) is 5.27. The van der Waals surface area contributed by atoms with Crippen LogP contribution in [-0.4, -0.2) is 24.2 Å². The highest BCUT2D eigenvalue weighted by Gasteiger charge is 2.14. The molecule has 3 N–H and O–H groups in total. The van der Waals surface area contributed by atoms with E-state index in [1.54, 1.807) is 0 Å². The van der Waals surface area contributed by atoms with Crippen molar-refractivity contribution in [3.05, 3.63) is 29.8 Å². The fourth-order valence-corrected chi connectivity index (χ4v) is 1.93. The van der Waals surface area contributed by atoms with Gasteiger partial charge in [-0.15, -0.1) is 0 Å². The van der Waals surface area contributed by atoms with E-state index >= 15 is 0 Å². The molecule has 0 amide bonds. The largest absolute Gasteiger partial charge is 0.389 e. The molecule has 1 fully saturated rings. The Labute approximate surface area is 101 Å². The summed E-state index contributed by atoms with van der Waals surface area (Å²) in [5, 5.41) is 3.34. The predicted molar refractivity (Wildman–Crippen MR) is 69.8 cm³/mol. The second-order valence-corrected chi connectivity index (χ2v) is 4.40. The van der Waals surface area contributed by atoms with E-state index in [4.69, 9.17) is 22.7 Å². The average molecular weight is 236 g/mol. The van der Waals surface area contributed by atoms with Crippen LogP contribution in [0.25, 0.3) is 0 Å². The summed E-state index contributed by atoms with van der Waals surface area (Å²) in [7, 11) is 0. The molecule has 1 atom stereocenters. The third kappa shape index (κ3) is 2.93. The van der Waals surface area contributed by atoms with Crippen LogP contribution >= 0.6 is 12.2 Å². The molecule has 1 saturated heterocycles. The molecule has 1 unspecified atom stereocenters. The van der Waals surface area contributed by atoms with Crippen LogP contribution in [-0.2, 0) is 4.74 Å². The van der Waals surface area contributed by atoms with Crippen molar-refractivity contribution in [2.75, 3.05) is 18.5 Å². The van der Waals surface area contributed by atoms with Crippen molar-refractivity contribution in [2.24, 2.45) is 5.73 Å². The normalized spacial score (nSPS) is 19.6. The number of thiocarbonyl (C=S) groups is 1. The van der Waals surface area contributed by atoms with Crippen LogP contribution in [0.3, 0.4) is 0 Å². The Balaban J connectivity index is 1.87. The van der Waals surface area contributed by atoms with Gasteiger partial charge in [-0.25, -0.2) is 0 Å². The Hall–Kier alpha value is -1.13. The van der Waals surface area contributed by atoms with Gasteiger partial charge in [-0.1, -0.05) is 12.2 Å². The SMILES string of the molecule is NC(=S)c1ccc(NCC2CCCO2)cc1. The molecule has 0 aliphatic carbocycles. The second-order valence-electron chi connectivity index (χ2n) is 3.96. The summed E-state index contributed by atoms with van der Waals surface area (Å²) < 4.78 is 5.53. The van der Waals surface area contributed by atoms with Crippen LogP contribution in [0.2, 0.25) is 0 Å². The lowest BCUT2D eigenvalue weighted by molar-refractivity contribution is 0.120. The molecule has 0 radical (unpaired) electrons. The van der Waals surface area contributed by atoms with Crippen molar-refractivity contribution in [1.29, 1.82) is 0 Å². The zero-order valence-electron chi connectivity index (χ0n) is 9.11. The number of ether oxygens (including phenoxy) is 1. The zero-order chi connectivity index (χ0) is 11.4. The Morgan fingerprint density at radius 2 is 2.19 bits per heavy atom. The van der Waals surface area contributed by atoms with Crippen LogP contribution in [0.15, 0.2) is 24.3 Å². The molecule has 1 aliphatic heterocycles. The molecular formula is C12H16N2OS. The lowest BCUT2D eigenvalue weighted by Gasteiger charge is -2.12. The van der Waals surface area contributed by atoms with Crippen molar-refractivity contribution in [3.63, 3.8) is 0 Å². The highest BCUT2D eigenvalue weighted by atomic mass is 32.1. The quantitative estimate of drug-likeness (QED) is 0.784. The van der Waals surface area contributed by atoms with Crippen LogP contribution in [0, 0.1) is 0 Å². The van der Waals surface area contributed by atoms with Gasteiger partial charge < -0.3 is 15.8 Å². The smallest absolute Gasteiger partial charge is 0.103 e. The minimum Gasteiger partial charge on any atom is -0.389 e. The number of benzene rings is 1. The number of hydrogen-bond acceptors (Lipinski definition) is 3. The first-order valence-corrected chi connectivity index (χ1v) is 5.92. The zero-order valence-corrected chi connectivity index (χ0v) is 9.93. The first kappa shape index (κ1) is 11.4. The Kier molecular flexibility index (Phi) is 3.74. The van der Waals surface area contributed by atoms with E-state index in [1.165, 1.54) is 6.42 Å². The lowest BCUT2D eigenvalue weighted by Crippen LogP contribution is -2.18. The average Bonchev–Trinajstić information content (AvgIpc) is 2.80. The molecule has 16 heavy (non-hydrogen) atoms. The van der Waals surface area contributed by atoms with Crippen molar-refractivity contribution < 1.29 is 4.74 Å². The molecule has 4 heteroatoms. The summed E-state index contributed by atoms with van der Waals surface area (Å²) in [6.07, 6.45) is 2.68. The molecule has 1 heterocycles. The van der Waals surface area contributed by atoms with Gasteiger partial charge in [-0.05, 0) is 37.1 Å². The predicted octanol–water partition coefficient (Wildman–Crippen LogP) is 1.91. The van der Waals surface area contributed by atoms with E-state index in [1.807, 2.05) is 24.3 Å². The number of anilines is 1. The summed E-state index contributed by atoms with van der Waals surface area (Å²) in [5.74, 6) is 0. The van der Waals surface area contributed by atoms with Crippen LogP contribution < -0.4 is 11.1 Å². The van der Waals surface area contributed by atoms with Gasteiger partial charge in [0.05, 0.1) is 6.10 Å². The molecule has 2 rings (SSSR count). The van der Waals surface area contributed by atoms with E-state index < -0.39 is 0 Å². The van der Waals surface area contributed by atoms with E-state index in [-0.39, 0.29) is 0 Å². The Bertz CT molecular complexity index is 358. The fourth-order valence-electron chi connectivity index (χ4n) is 1.79. The van der Waals surface area contributed by atoms with Gasteiger partial charge in [0.25, 0.3) is 0 Å². The minimum atomic E-state index is 0.357. The van der Waals surface area contributed by atoms with Gasteiger partial charge in [0.2, 0.25) is 0 Å². The summed E-state index contributed by atoms with van der Waals surface area (Å²) in [5.41, 5.74) is 7.51. The summed E-state index contributed by atoms with van der Waals surface area (Å²) in [4.78, 5) is 0.436. The lowest BCUT2D eigenvalue weighted by atomic mass is 10.2. The van der Waals surface area contributed by atoms with Crippen LogP contribution in [0.1, 0.15) is 18.4 Å². The minimum absolute atomic E-state index is 0.357. The highest BCUT2D eigenvalue weighted by Crippen LogP contribution is 2.14. The molecule has 1 aromatic rings. The van der Waals surface area contributed by atoms with Crippen molar-refractivity contribution in [2.45, 2.75) is 18.9 Å². The number of rotatable bonds is 4. The summed E-state index contributed by atoms with van der Waals surface area (Å²) >= 11 is 4.89. The monoisotopic (exact) mass is 236 g/mol. The number of hydrogen-bond donors (Lipinski definition) is 2. The maximum Gasteiger partial charge on any atom is 0.103 e. The highest BCUT2D eigenvalue weighted by molar-refractivity contribution is 7.80. The molecule has 86 valence electrons. The first-order chi connectivity index (χ1) is 7.75. The number of nitrogens with one attached hydrogen (secondary N) is 1. The third-order valence-corrected chi connectivity index (χ3v) is 2.96. The molecule has 0 aromatic heterocycles. The molecule has 1 aromatic carbocycles. The molecule has 0 spiro atoms. The van der Waals surface area contributed by atoms with E-state index in [0.29, 0.717) is 11.1 Å². The molecule has 1 aliphatic rings. The van der Waals surface area contributed by atoms with Crippen molar-refractivity contribution in [3.8, 4) is 0 Å². The molecule has 0 bridgehead atoms. The van der Waals surface area contributed by atoms with Crippen molar-refractivity contribution in [1.82, 2.24) is 0 Å². The number of nitrogens with two attached hydrogens (primary N) is 1. The van der Waals surface area contributed by atoms with Gasteiger partial charge in [-0.3, -0.25) is 0 Å². The van der Waals surface area contributed by atoms with Gasteiger partial charge in [0.15, 0.2) is 0 Å². The third-order valence-electron chi connectivity index (χ3n) is 2.73. The Morgan fingerprint density at radius 3 is 2.75 bits per heavy atom. The fraction of sp³-hybridized carbons (Fsp3) is 0.417.